The minimum atomic E-state index is -0.141. The Balaban J connectivity index is 1.42. The van der Waals surface area contributed by atoms with E-state index in [0.29, 0.717) is 48.5 Å². The Kier molecular flexibility index (Phi) is 6.68. The van der Waals surface area contributed by atoms with E-state index in [-0.39, 0.29) is 5.56 Å². The van der Waals surface area contributed by atoms with Crippen LogP contribution in [0.4, 0.5) is 5.69 Å². The number of hydrogen-bond acceptors (Lipinski definition) is 4. The van der Waals surface area contributed by atoms with Crippen molar-refractivity contribution in [3.8, 4) is 11.5 Å². The molecule has 5 rings (SSSR count). The van der Waals surface area contributed by atoms with Gasteiger partial charge in [0.15, 0.2) is 16.6 Å². The van der Waals surface area contributed by atoms with Gasteiger partial charge in [-0.15, -0.1) is 0 Å². The zero-order chi connectivity index (χ0) is 24.2. The number of aryl methyl sites for hydroxylation is 1. The van der Waals surface area contributed by atoms with Gasteiger partial charge >= 0.3 is 0 Å². The summed E-state index contributed by atoms with van der Waals surface area (Å²) in [6.07, 6.45) is 0.808. The summed E-state index contributed by atoms with van der Waals surface area (Å²) in [5.41, 5.74) is 4.58. The molecule has 0 radical (unpaired) electrons. The maximum Gasteiger partial charge on any atom is 0.253 e. The number of nitrogens with zero attached hydrogens (tertiary/aromatic N) is 1. The van der Waals surface area contributed by atoms with Crippen LogP contribution in [0.15, 0.2) is 77.6 Å². The van der Waals surface area contributed by atoms with Crippen molar-refractivity contribution in [2.75, 3.05) is 25.1 Å². The lowest BCUT2D eigenvalue weighted by Gasteiger charge is -2.26. The average molecular weight is 486 g/mol. The van der Waals surface area contributed by atoms with Crippen LogP contribution in [0.1, 0.15) is 16.7 Å². The SMILES string of the molecule is Cc1cccc(CCN(Cc2cc3cc4c(cc3[nH]c2=O)OCCO4)C(=S)Nc2ccccc2)c1. The highest BCUT2D eigenvalue weighted by molar-refractivity contribution is 7.80. The van der Waals surface area contributed by atoms with Crippen molar-refractivity contribution in [2.45, 2.75) is 19.9 Å². The van der Waals surface area contributed by atoms with Crippen molar-refractivity contribution in [2.24, 2.45) is 0 Å². The fraction of sp³-hybridized carbons (Fsp3) is 0.214. The predicted octanol–water partition coefficient (Wildman–Crippen LogP) is 5.05. The molecular weight excluding hydrogens is 458 g/mol. The van der Waals surface area contributed by atoms with Gasteiger partial charge in [-0.2, -0.15) is 0 Å². The predicted molar refractivity (Wildman–Crippen MR) is 144 cm³/mol. The number of hydrogen-bond donors (Lipinski definition) is 2. The molecule has 0 fully saturated rings. The lowest BCUT2D eigenvalue weighted by molar-refractivity contribution is 0.172. The average Bonchev–Trinajstić information content (AvgIpc) is 2.86. The number of ether oxygens (including phenoxy) is 2. The van der Waals surface area contributed by atoms with Crippen LogP contribution in [0.5, 0.6) is 11.5 Å². The summed E-state index contributed by atoms with van der Waals surface area (Å²) >= 11 is 5.78. The van der Waals surface area contributed by atoms with Gasteiger partial charge < -0.3 is 24.7 Å². The Labute approximate surface area is 209 Å². The first-order valence-corrected chi connectivity index (χ1v) is 12.1. The molecular formula is C28H27N3O3S. The molecule has 2 N–H and O–H groups in total. The van der Waals surface area contributed by atoms with Gasteiger partial charge in [0.05, 0.1) is 12.1 Å². The van der Waals surface area contributed by atoms with E-state index < -0.39 is 0 Å². The first-order valence-electron chi connectivity index (χ1n) is 11.7. The van der Waals surface area contributed by atoms with Gasteiger partial charge in [-0.3, -0.25) is 4.79 Å². The van der Waals surface area contributed by atoms with Crippen molar-refractivity contribution >= 4 is 33.9 Å². The molecule has 4 aromatic rings. The molecule has 178 valence electrons. The van der Waals surface area contributed by atoms with Crippen molar-refractivity contribution in [1.82, 2.24) is 9.88 Å². The van der Waals surface area contributed by atoms with Gasteiger partial charge in [0, 0.05) is 29.2 Å². The summed E-state index contributed by atoms with van der Waals surface area (Å²) < 4.78 is 11.4. The minimum Gasteiger partial charge on any atom is -0.486 e. The molecule has 1 aliphatic rings. The highest BCUT2D eigenvalue weighted by Crippen LogP contribution is 2.33. The van der Waals surface area contributed by atoms with E-state index in [2.05, 4.69) is 41.5 Å². The highest BCUT2D eigenvalue weighted by Gasteiger charge is 2.17. The molecule has 2 heterocycles. The number of fused-ring (bicyclic) bond motifs is 2. The number of thiocarbonyl (C=S) groups is 1. The monoisotopic (exact) mass is 485 g/mol. The standard InChI is InChI=1S/C28H27N3O3S/c1-19-6-5-7-20(14-19)10-11-31(28(35)29-23-8-3-2-4-9-23)18-22-15-21-16-25-26(34-13-12-33-25)17-24(21)30-27(22)32/h2-9,14-17H,10-13,18H2,1H3,(H,29,35)(H,30,32). The topological polar surface area (TPSA) is 66.6 Å². The van der Waals surface area contributed by atoms with Crippen molar-refractivity contribution in [3.05, 3.63) is 99.8 Å². The van der Waals surface area contributed by atoms with E-state index in [1.54, 1.807) is 0 Å². The second kappa shape index (κ2) is 10.2. The molecule has 0 bridgehead atoms. The lowest BCUT2D eigenvalue weighted by atomic mass is 10.1. The van der Waals surface area contributed by atoms with Crippen LogP contribution in [-0.4, -0.2) is 34.8 Å². The first-order chi connectivity index (χ1) is 17.0. The second-order valence-electron chi connectivity index (χ2n) is 8.66. The third-order valence-corrected chi connectivity index (χ3v) is 6.37. The molecule has 0 amide bonds. The number of pyridine rings is 1. The third-order valence-electron chi connectivity index (χ3n) is 6.01. The van der Waals surface area contributed by atoms with Crippen LogP contribution in [0.25, 0.3) is 10.9 Å². The molecule has 0 atom stereocenters. The maximum atomic E-state index is 13.0. The fourth-order valence-corrected chi connectivity index (χ4v) is 4.49. The van der Waals surface area contributed by atoms with Crippen LogP contribution < -0.4 is 20.3 Å². The number of aromatic nitrogens is 1. The van der Waals surface area contributed by atoms with Gasteiger partial charge in [-0.25, -0.2) is 0 Å². The van der Waals surface area contributed by atoms with Gasteiger partial charge in [-0.05, 0) is 55.4 Å². The zero-order valence-electron chi connectivity index (χ0n) is 19.5. The molecule has 0 saturated carbocycles. The Morgan fingerprint density at radius 1 is 1.00 bits per heavy atom. The minimum absolute atomic E-state index is 0.141. The second-order valence-corrected chi connectivity index (χ2v) is 9.05. The van der Waals surface area contributed by atoms with Crippen LogP contribution >= 0.6 is 12.2 Å². The quantitative estimate of drug-likeness (QED) is 0.373. The number of benzene rings is 3. The number of para-hydroxylation sites is 1. The van der Waals surface area contributed by atoms with E-state index in [1.165, 1.54) is 11.1 Å². The zero-order valence-corrected chi connectivity index (χ0v) is 20.4. The molecule has 6 nitrogen and oxygen atoms in total. The van der Waals surface area contributed by atoms with E-state index in [4.69, 9.17) is 21.7 Å². The molecule has 0 unspecified atom stereocenters. The first kappa shape index (κ1) is 22.9. The van der Waals surface area contributed by atoms with Crippen LogP contribution in [0, 0.1) is 6.92 Å². The Morgan fingerprint density at radius 3 is 2.54 bits per heavy atom. The molecule has 0 aliphatic carbocycles. The number of rotatable bonds is 6. The van der Waals surface area contributed by atoms with Gasteiger partial charge in [0.25, 0.3) is 5.56 Å². The molecule has 7 heteroatoms. The molecule has 0 saturated heterocycles. The Morgan fingerprint density at radius 2 is 1.77 bits per heavy atom. The van der Waals surface area contributed by atoms with Gasteiger partial charge in [0.1, 0.15) is 13.2 Å². The lowest BCUT2D eigenvalue weighted by Crippen LogP contribution is -2.37. The van der Waals surface area contributed by atoms with Crippen LogP contribution in [-0.2, 0) is 13.0 Å². The third kappa shape index (κ3) is 5.46. The highest BCUT2D eigenvalue weighted by atomic mass is 32.1. The molecule has 35 heavy (non-hydrogen) atoms. The normalized spacial score (nSPS) is 12.4. The molecule has 0 spiro atoms. The van der Waals surface area contributed by atoms with E-state index in [0.717, 1.165) is 23.0 Å². The summed E-state index contributed by atoms with van der Waals surface area (Å²) in [7, 11) is 0. The Bertz CT molecular complexity index is 1420. The summed E-state index contributed by atoms with van der Waals surface area (Å²) in [5, 5.41) is 4.78. The van der Waals surface area contributed by atoms with Gasteiger partial charge in [0.2, 0.25) is 0 Å². The number of anilines is 1. The van der Waals surface area contributed by atoms with Gasteiger partial charge in [-0.1, -0.05) is 48.0 Å². The Hall–Kier alpha value is -3.84. The summed E-state index contributed by atoms with van der Waals surface area (Å²) in [6, 6.07) is 23.9. The largest absolute Gasteiger partial charge is 0.486 e. The van der Waals surface area contributed by atoms with Crippen molar-refractivity contribution in [3.63, 3.8) is 0 Å². The van der Waals surface area contributed by atoms with Crippen molar-refractivity contribution in [1.29, 1.82) is 0 Å². The summed E-state index contributed by atoms with van der Waals surface area (Å²) in [5.74, 6) is 1.35. The van der Waals surface area contributed by atoms with Crippen LogP contribution in [0.2, 0.25) is 0 Å². The van der Waals surface area contributed by atoms with E-state index >= 15 is 0 Å². The van der Waals surface area contributed by atoms with Crippen molar-refractivity contribution < 1.29 is 9.47 Å². The smallest absolute Gasteiger partial charge is 0.253 e. The van der Waals surface area contributed by atoms with Crippen LogP contribution in [0.3, 0.4) is 0 Å². The summed E-state index contributed by atoms with van der Waals surface area (Å²) in [6.45, 7) is 4.15. The number of nitrogens with one attached hydrogen (secondary N) is 2. The molecule has 3 aromatic carbocycles. The fourth-order valence-electron chi connectivity index (χ4n) is 4.22. The molecule has 1 aromatic heterocycles. The number of aromatic amines is 1. The van der Waals surface area contributed by atoms with E-state index in [9.17, 15) is 4.79 Å². The summed E-state index contributed by atoms with van der Waals surface area (Å²) in [4.78, 5) is 18.1. The number of H-pyrrole nitrogens is 1. The molecule has 1 aliphatic heterocycles. The van der Waals surface area contributed by atoms with E-state index in [1.807, 2.05) is 53.4 Å². The maximum absolute atomic E-state index is 13.0.